The molecule has 0 saturated heterocycles. The lowest BCUT2D eigenvalue weighted by molar-refractivity contribution is 0.416. The second kappa shape index (κ2) is 6.16. The zero-order chi connectivity index (χ0) is 14.5. The molecule has 0 aliphatic rings. The van der Waals surface area contributed by atoms with Crippen LogP contribution in [0.1, 0.15) is 30.8 Å². The Morgan fingerprint density at radius 3 is 2.70 bits per heavy atom. The zero-order valence-electron chi connectivity index (χ0n) is 11.9. The predicted octanol–water partition coefficient (Wildman–Crippen LogP) is 3.48. The van der Waals surface area contributed by atoms with Crippen molar-refractivity contribution < 1.29 is 4.74 Å². The van der Waals surface area contributed by atoms with E-state index in [4.69, 9.17) is 4.74 Å². The van der Waals surface area contributed by atoms with Crippen molar-refractivity contribution in [2.24, 2.45) is 0 Å². The van der Waals surface area contributed by atoms with Gasteiger partial charge in [0.2, 0.25) is 0 Å². The fraction of sp³-hybridized carbons (Fsp3) is 0.312. The van der Waals surface area contributed by atoms with Gasteiger partial charge in [-0.25, -0.2) is 9.97 Å². The molecule has 4 nitrogen and oxygen atoms in total. The first-order valence-electron chi connectivity index (χ1n) is 6.58. The molecule has 0 fully saturated rings. The maximum Gasteiger partial charge on any atom is 0.146 e. The number of nitriles is 1. The molecular weight excluding hydrogens is 250 g/mol. The average molecular weight is 267 g/mol. The predicted molar refractivity (Wildman–Crippen MR) is 77.4 cm³/mol. The molecule has 0 amide bonds. The van der Waals surface area contributed by atoms with Crippen molar-refractivity contribution in [2.75, 3.05) is 7.11 Å². The number of aromatic nitrogens is 2. The van der Waals surface area contributed by atoms with Crippen molar-refractivity contribution in [3.8, 4) is 23.1 Å². The summed E-state index contributed by atoms with van der Waals surface area (Å²) in [4.78, 5) is 8.92. The van der Waals surface area contributed by atoms with Gasteiger partial charge in [0.1, 0.15) is 17.5 Å². The normalized spacial score (nSPS) is 11.7. The minimum absolute atomic E-state index is 0.275. The van der Waals surface area contributed by atoms with Crippen molar-refractivity contribution >= 4 is 0 Å². The fourth-order valence-electron chi connectivity index (χ4n) is 2.07. The molecule has 4 heteroatoms. The molecule has 0 spiro atoms. The van der Waals surface area contributed by atoms with Crippen LogP contribution in [-0.4, -0.2) is 17.1 Å². The molecule has 1 unspecified atom stereocenters. The third-order valence-corrected chi connectivity index (χ3v) is 3.13. The maximum atomic E-state index is 9.18. The van der Waals surface area contributed by atoms with Gasteiger partial charge in [0.05, 0.1) is 18.9 Å². The molecule has 1 atom stereocenters. The van der Waals surface area contributed by atoms with E-state index in [9.17, 15) is 5.26 Å². The van der Waals surface area contributed by atoms with Crippen LogP contribution >= 0.6 is 0 Å². The molecule has 0 bridgehead atoms. The smallest absolute Gasteiger partial charge is 0.146 e. The lowest BCUT2D eigenvalue weighted by Crippen LogP contribution is -2.04. The molecule has 0 aliphatic heterocycles. The van der Waals surface area contributed by atoms with E-state index in [0.717, 1.165) is 22.7 Å². The van der Waals surface area contributed by atoms with Crippen LogP contribution in [0.25, 0.3) is 11.3 Å². The third-order valence-electron chi connectivity index (χ3n) is 3.13. The minimum Gasteiger partial charge on any atom is -0.496 e. The van der Waals surface area contributed by atoms with Gasteiger partial charge in [0, 0.05) is 11.3 Å². The number of aryl methyl sites for hydroxylation is 1. The Morgan fingerprint density at radius 2 is 2.05 bits per heavy atom. The summed E-state index contributed by atoms with van der Waals surface area (Å²) in [6, 6.07) is 11.9. The summed E-state index contributed by atoms with van der Waals surface area (Å²) >= 11 is 0. The molecule has 1 heterocycles. The Balaban J connectivity index is 2.55. The summed E-state index contributed by atoms with van der Waals surface area (Å²) in [5.41, 5.74) is 2.55. The van der Waals surface area contributed by atoms with E-state index < -0.39 is 0 Å². The highest BCUT2D eigenvalue weighted by Gasteiger charge is 2.15. The first-order chi connectivity index (χ1) is 9.69. The van der Waals surface area contributed by atoms with Crippen LogP contribution in [-0.2, 0) is 0 Å². The fourth-order valence-corrected chi connectivity index (χ4v) is 2.07. The first-order valence-corrected chi connectivity index (χ1v) is 6.58. The maximum absolute atomic E-state index is 9.18. The van der Waals surface area contributed by atoms with Crippen molar-refractivity contribution in [3.63, 3.8) is 0 Å². The summed E-state index contributed by atoms with van der Waals surface area (Å²) in [5, 5.41) is 9.18. The number of nitrogens with zero attached hydrogens (tertiary/aromatic N) is 3. The summed E-state index contributed by atoms with van der Waals surface area (Å²) in [5.74, 6) is 1.07. The van der Waals surface area contributed by atoms with Gasteiger partial charge in [-0.05, 0) is 31.5 Å². The highest BCUT2D eigenvalue weighted by atomic mass is 16.5. The average Bonchev–Trinajstić information content (AvgIpc) is 2.48. The Bertz CT molecular complexity index is 646. The molecule has 0 saturated carbocycles. The van der Waals surface area contributed by atoms with Gasteiger partial charge in [-0.3, -0.25) is 0 Å². The topological polar surface area (TPSA) is 58.8 Å². The summed E-state index contributed by atoms with van der Waals surface area (Å²) in [6.45, 7) is 3.87. The van der Waals surface area contributed by atoms with Crippen molar-refractivity contribution in [1.29, 1.82) is 5.26 Å². The summed E-state index contributed by atoms with van der Waals surface area (Å²) < 4.78 is 5.37. The molecule has 102 valence electrons. The van der Waals surface area contributed by atoms with E-state index in [0.29, 0.717) is 12.2 Å². The second-order valence-electron chi connectivity index (χ2n) is 4.54. The Labute approximate surface area is 119 Å². The van der Waals surface area contributed by atoms with Gasteiger partial charge in [-0.2, -0.15) is 5.26 Å². The number of ether oxygens (including phenoxy) is 1. The molecule has 2 rings (SSSR count). The molecule has 2 aromatic rings. The second-order valence-corrected chi connectivity index (χ2v) is 4.54. The minimum atomic E-state index is -0.275. The molecule has 0 radical (unpaired) electrons. The number of para-hydroxylation sites is 1. The molecule has 0 N–H and O–H groups in total. The van der Waals surface area contributed by atoms with Crippen LogP contribution in [0.15, 0.2) is 30.3 Å². The van der Waals surface area contributed by atoms with Gasteiger partial charge in [0.15, 0.2) is 0 Å². The van der Waals surface area contributed by atoms with Gasteiger partial charge in [0.25, 0.3) is 0 Å². The van der Waals surface area contributed by atoms with E-state index in [2.05, 4.69) is 16.0 Å². The van der Waals surface area contributed by atoms with Crippen LogP contribution in [0.3, 0.4) is 0 Å². The highest BCUT2D eigenvalue weighted by molar-refractivity contribution is 5.67. The SMILES string of the molecule is CCC(C#N)c1nc(C)cc(-c2ccccc2OC)n1. The Kier molecular flexibility index (Phi) is 4.31. The first kappa shape index (κ1) is 14.0. The van der Waals surface area contributed by atoms with E-state index >= 15 is 0 Å². The van der Waals surface area contributed by atoms with Gasteiger partial charge in [-0.1, -0.05) is 19.1 Å². The van der Waals surface area contributed by atoms with Gasteiger partial charge < -0.3 is 4.74 Å². The van der Waals surface area contributed by atoms with Crippen LogP contribution in [0.4, 0.5) is 0 Å². The monoisotopic (exact) mass is 267 g/mol. The number of methoxy groups -OCH3 is 1. The molecule has 20 heavy (non-hydrogen) atoms. The van der Waals surface area contributed by atoms with Gasteiger partial charge in [-0.15, -0.1) is 0 Å². The van der Waals surface area contributed by atoms with E-state index in [1.807, 2.05) is 44.2 Å². The largest absolute Gasteiger partial charge is 0.496 e. The number of hydrogen-bond acceptors (Lipinski definition) is 4. The number of rotatable bonds is 4. The molecule has 0 aliphatic carbocycles. The van der Waals surface area contributed by atoms with Crippen LogP contribution in [0, 0.1) is 18.3 Å². The summed E-state index contributed by atoms with van der Waals surface area (Å²) in [7, 11) is 1.64. The van der Waals surface area contributed by atoms with Crippen molar-refractivity contribution in [3.05, 3.63) is 41.9 Å². The summed E-state index contributed by atoms with van der Waals surface area (Å²) in [6.07, 6.45) is 0.700. The van der Waals surface area contributed by atoms with Crippen molar-refractivity contribution in [1.82, 2.24) is 9.97 Å². The number of benzene rings is 1. The Hall–Kier alpha value is -2.41. The number of hydrogen-bond donors (Lipinski definition) is 0. The van der Waals surface area contributed by atoms with Crippen molar-refractivity contribution in [2.45, 2.75) is 26.2 Å². The molecule has 1 aromatic heterocycles. The van der Waals surface area contributed by atoms with Crippen LogP contribution in [0.5, 0.6) is 5.75 Å². The third kappa shape index (κ3) is 2.77. The lowest BCUT2D eigenvalue weighted by Gasteiger charge is -2.11. The van der Waals surface area contributed by atoms with E-state index in [1.54, 1.807) is 7.11 Å². The van der Waals surface area contributed by atoms with E-state index in [1.165, 1.54) is 0 Å². The van der Waals surface area contributed by atoms with Crippen LogP contribution in [0.2, 0.25) is 0 Å². The van der Waals surface area contributed by atoms with E-state index in [-0.39, 0.29) is 5.92 Å². The van der Waals surface area contributed by atoms with Gasteiger partial charge >= 0.3 is 0 Å². The Morgan fingerprint density at radius 1 is 1.30 bits per heavy atom. The zero-order valence-corrected chi connectivity index (χ0v) is 11.9. The highest BCUT2D eigenvalue weighted by Crippen LogP contribution is 2.29. The standard InChI is InChI=1S/C16H17N3O/c1-4-12(10-17)16-18-11(2)9-14(19-16)13-7-5-6-8-15(13)20-3/h5-9,12H,4H2,1-3H3. The molecule has 1 aromatic carbocycles. The quantitative estimate of drug-likeness (QED) is 0.851. The molecular formula is C16H17N3O. The van der Waals surface area contributed by atoms with Crippen LogP contribution < -0.4 is 4.74 Å². The lowest BCUT2D eigenvalue weighted by atomic mass is 10.1.